The van der Waals surface area contributed by atoms with Crippen molar-refractivity contribution in [3.05, 3.63) is 47.6 Å². The monoisotopic (exact) mass is 486 g/mol. The highest BCUT2D eigenvalue weighted by Crippen LogP contribution is 2.40. The van der Waals surface area contributed by atoms with E-state index in [1.807, 2.05) is 0 Å². The lowest BCUT2D eigenvalue weighted by Crippen LogP contribution is -2.20. The fourth-order valence-corrected chi connectivity index (χ4v) is 4.61. The largest absolute Gasteiger partial charge is 0.490 e. The molecule has 1 aliphatic rings. The third kappa shape index (κ3) is 4.83. The Kier molecular flexibility index (Phi) is 7.28. The van der Waals surface area contributed by atoms with Gasteiger partial charge < -0.3 is 13.9 Å². The van der Waals surface area contributed by atoms with E-state index in [2.05, 4.69) is 6.92 Å². The molecule has 0 N–H and O–H groups in total. The number of hydrogen-bond acceptors (Lipinski definition) is 3. The molecule has 3 aromatic rings. The zero-order chi connectivity index (χ0) is 24.4. The van der Waals surface area contributed by atoms with Crippen molar-refractivity contribution >= 4 is 21.9 Å². The molecule has 0 aliphatic heterocycles. The van der Waals surface area contributed by atoms with E-state index < -0.39 is 52.5 Å². The lowest BCUT2D eigenvalue weighted by Gasteiger charge is -2.28. The van der Waals surface area contributed by atoms with E-state index in [-0.39, 0.29) is 29.4 Å². The van der Waals surface area contributed by atoms with Crippen molar-refractivity contribution in [1.82, 2.24) is 0 Å². The molecule has 1 heterocycles. The molecule has 0 spiro atoms. The average Bonchev–Trinajstić information content (AvgIpc) is 3.18. The van der Waals surface area contributed by atoms with Crippen LogP contribution in [0.1, 0.15) is 45.4 Å². The molecule has 184 valence electrons. The van der Waals surface area contributed by atoms with Gasteiger partial charge in [-0.05, 0) is 24.7 Å². The molecule has 2 aromatic carbocycles. The number of halogens is 6. The van der Waals surface area contributed by atoms with Crippen LogP contribution in [0, 0.1) is 35.1 Å². The van der Waals surface area contributed by atoms with Crippen LogP contribution in [0.3, 0.4) is 0 Å². The zero-order valence-corrected chi connectivity index (χ0v) is 18.5. The number of rotatable bonds is 8. The van der Waals surface area contributed by atoms with Crippen LogP contribution < -0.4 is 9.47 Å². The highest BCUT2D eigenvalue weighted by atomic mass is 19.3. The quantitative estimate of drug-likeness (QED) is 0.300. The number of furan rings is 1. The summed E-state index contributed by atoms with van der Waals surface area (Å²) in [7, 11) is 0. The highest BCUT2D eigenvalue weighted by molar-refractivity contribution is 6.06. The van der Waals surface area contributed by atoms with Gasteiger partial charge in [0.25, 0.3) is 6.08 Å². The van der Waals surface area contributed by atoms with Crippen molar-refractivity contribution in [2.75, 3.05) is 13.2 Å². The summed E-state index contributed by atoms with van der Waals surface area (Å²) in [6.45, 7) is 1.65. The van der Waals surface area contributed by atoms with Gasteiger partial charge in [0.15, 0.2) is 23.1 Å². The molecule has 0 radical (unpaired) electrons. The first-order chi connectivity index (χ1) is 16.3. The third-order valence-electron chi connectivity index (χ3n) is 6.36. The second-order valence-corrected chi connectivity index (χ2v) is 8.64. The Labute approximate surface area is 192 Å². The predicted octanol–water partition coefficient (Wildman–Crippen LogP) is 8.29. The SMILES string of the molecule is CCCC1CCC(COc2cc3oc4cc(OCC=C(F)F)c(F)c(F)c4c3c(F)c2F)CC1. The summed E-state index contributed by atoms with van der Waals surface area (Å²) in [6.07, 6.45) is 4.67. The van der Waals surface area contributed by atoms with E-state index in [1.165, 1.54) is 6.42 Å². The molecule has 0 amide bonds. The predicted molar refractivity (Wildman–Crippen MR) is 115 cm³/mol. The van der Waals surface area contributed by atoms with Crippen LogP contribution in [0.2, 0.25) is 0 Å². The maximum absolute atomic E-state index is 14.9. The van der Waals surface area contributed by atoms with Crippen LogP contribution in [0.5, 0.6) is 11.5 Å². The van der Waals surface area contributed by atoms with Crippen LogP contribution >= 0.6 is 0 Å². The lowest BCUT2D eigenvalue weighted by molar-refractivity contribution is 0.173. The van der Waals surface area contributed by atoms with Gasteiger partial charge in [0, 0.05) is 18.2 Å². The summed E-state index contributed by atoms with van der Waals surface area (Å²) in [5, 5.41) is -1.18. The molecule has 1 aromatic heterocycles. The molecule has 34 heavy (non-hydrogen) atoms. The molecular weight excluding hydrogens is 462 g/mol. The van der Waals surface area contributed by atoms with Crippen molar-refractivity contribution in [3.8, 4) is 11.5 Å². The molecule has 9 heteroatoms. The molecule has 1 saturated carbocycles. The molecule has 3 nitrogen and oxygen atoms in total. The van der Waals surface area contributed by atoms with E-state index in [1.54, 1.807) is 0 Å². The maximum atomic E-state index is 14.9. The number of hydrogen-bond donors (Lipinski definition) is 0. The second kappa shape index (κ2) is 10.2. The average molecular weight is 486 g/mol. The number of benzene rings is 2. The maximum Gasteiger partial charge on any atom is 0.269 e. The molecule has 0 saturated heterocycles. The normalized spacial score (nSPS) is 18.4. The van der Waals surface area contributed by atoms with Gasteiger partial charge in [0.2, 0.25) is 11.6 Å². The first-order valence-electron chi connectivity index (χ1n) is 11.3. The summed E-state index contributed by atoms with van der Waals surface area (Å²) in [4.78, 5) is 0. The summed E-state index contributed by atoms with van der Waals surface area (Å²) >= 11 is 0. The summed E-state index contributed by atoms with van der Waals surface area (Å²) in [5.74, 6) is -5.97. The van der Waals surface area contributed by atoms with Crippen LogP contribution in [0.4, 0.5) is 26.3 Å². The van der Waals surface area contributed by atoms with Gasteiger partial charge in [-0.25, -0.2) is 8.78 Å². The van der Waals surface area contributed by atoms with E-state index in [0.29, 0.717) is 12.0 Å². The molecular formula is C25H24F6O3. The minimum atomic E-state index is -2.05. The number of fused-ring (bicyclic) bond motifs is 3. The van der Waals surface area contributed by atoms with Gasteiger partial charge in [-0.15, -0.1) is 0 Å². The lowest BCUT2D eigenvalue weighted by atomic mass is 9.80. The van der Waals surface area contributed by atoms with E-state index >= 15 is 0 Å². The Morgan fingerprint density at radius 1 is 0.853 bits per heavy atom. The fourth-order valence-electron chi connectivity index (χ4n) is 4.61. The topological polar surface area (TPSA) is 31.6 Å². The minimum Gasteiger partial charge on any atom is -0.490 e. The van der Waals surface area contributed by atoms with Crippen molar-refractivity contribution in [3.63, 3.8) is 0 Å². The van der Waals surface area contributed by atoms with Crippen molar-refractivity contribution in [2.45, 2.75) is 45.4 Å². The Morgan fingerprint density at radius 2 is 1.38 bits per heavy atom. The molecule has 1 aliphatic carbocycles. The van der Waals surface area contributed by atoms with E-state index in [9.17, 15) is 26.3 Å². The molecule has 4 rings (SSSR count). The first-order valence-corrected chi connectivity index (χ1v) is 11.3. The van der Waals surface area contributed by atoms with Gasteiger partial charge in [0.1, 0.15) is 17.8 Å². The molecule has 0 atom stereocenters. The molecule has 1 fully saturated rings. The van der Waals surface area contributed by atoms with E-state index in [0.717, 1.165) is 44.2 Å². The summed E-state index contributed by atoms with van der Waals surface area (Å²) in [6, 6.07) is 2.01. The van der Waals surface area contributed by atoms with Crippen LogP contribution in [0.15, 0.2) is 28.7 Å². The summed E-state index contributed by atoms with van der Waals surface area (Å²) in [5.41, 5.74) is -0.556. The minimum absolute atomic E-state index is 0.209. The third-order valence-corrected chi connectivity index (χ3v) is 6.36. The smallest absolute Gasteiger partial charge is 0.269 e. The Bertz CT molecular complexity index is 1210. The number of ether oxygens (including phenoxy) is 2. The van der Waals surface area contributed by atoms with Crippen molar-refractivity contribution in [1.29, 1.82) is 0 Å². The van der Waals surface area contributed by atoms with Gasteiger partial charge in [0.05, 0.1) is 17.4 Å². The highest BCUT2D eigenvalue weighted by Gasteiger charge is 2.27. The Morgan fingerprint density at radius 3 is 1.91 bits per heavy atom. The fraction of sp³-hybridized carbons (Fsp3) is 0.440. The standard InChI is InChI=1S/C25H24F6O3/c1-2-3-13-4-6-14(7-5-13)12-33-18-11-16-21(25(31)23(18)29)20-15(34-16)10-17(22(28)24(20)30)32-9-8-19(26)27/h8,10-11,13-14H,2-7,9,12H2,1H3. The van der Waals surface area contributed by atoms with Crippen LogP contribution in [-0.4, -0.2) is 13.2 Å². The van der Waals surface area contributed by atoms with Crippen LogP contribution in [-0.2, 0) is 0 Å². The van der Waals surface area contributed by atoms with Crippen molar-refractivity contribution < 1.29 is 40.2 Å². The molecule has 0 unspecified atom stereocenters. The zero-order valence-electron chi connectivity index (χ0n) is 18.5. The van der Waals surface area contributed by atoms with Gasteiger partial charge in [-0.3, -0.25) is 0 Å². The van der Waals surface area contributed by atoms with Crippen molar-refractivity contribution in [2.24, 2.45) is 11.8 Å². The van der Waals surface area contributed by atoms with Gasteiger partial charge >= 0.3 is 0 Å². The summed E-state index contributed by atoms with van der Waals surface area (Å²) < 4.78 is 98.9. The van der Waals surface area contributed by atoms with Gasteiger partial charge in [-0.2, -0.15) is 17.6 Å². The Hall–Kier alpha value is -2.84. The Balaban J connectivity index is 1.60. The molecule has 0 bridgehead atoms. The second-order valence-electron chi connectivity index (χ2n) is 8.64. The van der Waals surface area contributed by atoms with E-state index in [4.69, 9.17) is 13.9 Å². The van der Waals surface area contributed by atoms with Crippen LogP contribution in [0.25, 0.3) is 21.9 Å². The van der Waals surface area contributed by atoms with Gasteiger partial charge in [-0.1, -0.05) is 32.6 Å². The first kappa shape index (κ1) is 24.3.